The normalized spacial score (nSPS) is 11.6. The zero-order valence-electron chi connectivity index (χ0n) is 11.4. The Morgan fingerprint density at radius 2 is 2.10 bits per heavy atom. The van der Waals surface area contributed by atoms with Crippen molar-refractivity contribution in [2.24, 2.45) is 0 Å². The minimum atomic E-state index is -3.80. The van der Waals surface area contributed by atoms with E-state index in [0.717, 1.165) is 6.07 Å². The van der Waals surface area contributed by atoms with Gasteiger partial charge in [0, 0.05) is 11.8 Å². The van der Waals surface area contributed by atoms with Crippen LogP contribution in [-0.4, -0.2) is 18.5 Å². The Hall–Kier alpha value is -1.83. The van der Waals surface area contributed by atoms with Crippen molar-refractivity contribution in [3.63, 3.8) is 0 Å². The lowest BCUT2D eigenvalue weighted by Crippen LogP contribution is -2.24. The maximum Gasteiger partial charge on any atom is 0.240 e. The van der Waals surface area contributed by atoms with Crippen LogP contribution >= 0.6 is 0 Å². The second kappa shape index (κ2) is 6.30. The van der Waals surface area contributed by atoms with Crippen LogP contribution < -0.4 is 4.72 Å². The van der Waals surface area contributed by atoms with E-state index >= 15 is 0 Å². The number of aromatic nitrogens is 1. The van der Waals surface area contributed by atoms with Gasteiger partial charge < -0.3 is 5.11 Å². The molecule has 21 heavy (non-hydrogen) atoms. The van der Waals surface area contributed by atoms with Gasteiger partial charge in [-0.15, -0.1) is 0 Å². The fraction of sp³-hybridized carbons (Fsp3) is 0.214. The minimum Gasteiger partial charge on any atom is -0.392 e. The number of hydrogen-bond acceptors (Lipinski definition) is 4. The first-order valence-corrected chi connectivity index (χ1v) is 7.72. The maximum atomic E-state index is 13.6. The quantitative estimate of drug-likeness (QED) is 0.877. The van der Waals surface area contributed by atoms with Gasteiger partial charge in [0.05, 0.1) is 23.7 Å². The molecule has 0 amide bonds. The molecule has 1 aromatic carbocycles. The third-order valence-corrected chi connectivity index (χ3v) is 4.33. The fourth-order valence-corrected chi connectivity index (χ4v) is 2.97. The lowest BCUT2D eigenvalue weighted by Gasteiger charge is -2.10. The summed E-state index contributed by atoms with van der Waals surface area (Å²) in [6.45, 7) is 0.927. The molecular formula is C14H15FN2O3S. The van der Waals surface area contributed by atoms with Crippen LogP contribution in [0, 0.1) is 12.7 Å². The average molecular weight is 310 g/mol. The van der Waals surface area contributed by atoms with Crippen LogP contribution in [-0.2, 0) is 23.2 Å². The number of aliphatic hydroxyl groups excluding tert-OH is 1. The number of pyridine rings is 1. The molecule has 0 saturated carbocycles. The molecule has 112 valence electrons. The number of rotatable bonds is 5. The lowest BCUT2D eigenvalue weighted by atomic mass is 10.1. The van der Waals surface area contributed by atoms with Crippen LogP contribution in [0.3, 0.4) is 0 Å². The van der Waals surface area contributed by atoms with Crippen LogP contribution in [0.5, 0.6) is 0 Å². The third kappa shape index (κ3) is 3.63. The van der Waals surface area contributed by atoms with Gasteiger partial charge in [-0.1, -0.05) is 6.07 Å². The zero-order valence-corrected chi connectivity index (χ0v) is 12.2. The zero-order chi connectivity index (χ0) is 15.5. The molecule has 0 fully saturated rings. The number of sulfonamides is 1. The molecule has 1 heterocycles. The van der Waals surface area contributed by atoms with Gasteiger partial charge in [0.15, 0.2) is 0 Å². The molecule has 0 radical (unpaired) electrons. The van der Waals surface area contributed by atoms with E-state index in [1.807, 2.05) is 0 Å². The first kappa shape index (κ1) is 15.6. The number of aliphatic hydroxyl groups is 1. The van der Waals surface area contributed by atoms with Crippen molar-refractivity contribution in [1.29, 1.82) is 0 Å². The molecular weight excluding hydrogens is 295 g/mol. The molecule has 5 nitrogen and oxygen atoms in total. The summed E-state index contributed by atoms with van der Waals surface area (Å²) < 4.78 is 40.4. The average Bonchev–Trinajstić information content (AvgIpc) is 2.49. The molecule has 0 atom stereocenters. The highest BCUT2D eigenvalue weighted by molar-refractivity contribution is 7.89. The van der Waals surface area contributed by atoms with Gasteiger partial charge in [-0.25, -0.2) is 17.5 Å². The second-order valence-corrected chi connectivity index (χ2v) is 6.28. The van der Waals surface area contributed by atoms with Gasteiger partial charge >= 0.3 is 0 Å². The van der Waals surface area contributed by atoms with E-state index in [2.05, 4.69) is 9.71 Å². The van der Waals surface area contributed by atoms with Gasteiger partial charge in [0.1, 0.15) is 5.82 Å². The number of nitrogens with zero attached hydrogens (tertiary/aromatic N) is 1. The van der Waals surface area contributed by atoms with Crippen molar-refractivity contribution in [1.82, 2.24) is 9.71 Å². The van der Waals surface area contributed by atoms with Gasteiger partial charge in [-0.3, -0.25) is 4.98 Å². The minimum absolute atomic E-state index is 0.0358. The van der Waals surface area contributed by atoms with Crippen LogP contribution in [0.2, 0.25) is 0 Å². The molecule has 0 spiro atoms. The van der Waals surface area contributed by atoms with Crippen molar-refractivity contribution in [3.8, 4) is 0 Å². The number of aryl methyl sites for hydroxylation is 1. The summed E-state index contributed by atoms with van der Waals surface area (Å²) in [6, 6.07) is 7.54. The topological polar surface area (TPSA) is 79.3 Å². The van der Waals surface area contributed by atoms with E-state index in [9.17, 15) is 12.8 Å². The Morgan fingerprint density at radius 3 is 2.71 bits per heavy atom. The summed E-state index contributed by atoms with van der Waals surface area (Å²) in [5, 5.41) is 9.08. The van der Waals surface area contributed by atoms with Gasteiger partial charge in [0.25, 0.3) is 0 Å². The summed E-state index contributed by atoms with van der Waals surface area (Å²) in [7, 11) is -3.80. The summed E-state index contributed by atoms with van der Waals surface area (Å²) in [6.07, 6.45) is 1.57. The number of benzene rings is 1. The monoisotopic (exact) mass is 310 g/mol. The SMILES string of the molecule is Cc1cc(S(=O)(=O)NCc2ccccn2)cc(CO)c1F. The number of nitrogens with one attached hydrogen (secondary N) is 1. The summed E-state index contributed by atoms with van der Waals surface area (Å²) in [5.74, 6) is -0.596. The van der Waals surface area contributed by atoms with Gasteiger partial charge in [-0.2, -0.15) is 0 Å². The van der Waals surface area contributed by atoms with Crippen LogP contribution in [0.25, 0.3) is 0 Å². The Kier molecular flexibility index (Phi) is 4.66. The largest absolute Gasteiger partial charge is 0.392 e. The molecule has 2 aromatic rings. The molecule has 0 bridgehead atoms. The van der Waals surface area contributed by atoms with E-state index in [1.54, 1.807) is 24.4 Å². The standard InChI is InChI=1S/C14H15FN2O3S/c1-10-6-13(7-11(9-18)14(10)15)21(19,20)17-8-12-4-2-3-5-16-12/h2-7,17-18H,8-9H2,1H3. The Morgan fingerprint density at radius 1 is 1.33 bits per heavy atom. The Labute approximate surface area is 122 Å². The Bertz CT molecular complexity index is 733. The molecule has 0 aliphatic heterocycles. The van der Waals surface area contributed by atoms with Crippen molar-refractivity contribution in [3.05, 3.63) is 59.2 Å². The number of halogens is 1. The van der Waals surface area contributed by atoms with E-state index in [4.69, 9.17) is 5.11 Å². The molecule has 0 aliphatic rings. The summed E-state index contributed by atoms with van der Waals surface area (Å²) in [4.78, 5) is 3.93. The molecule has 0 saturated heterocycles. The van der Waals surface area contributed by atoms with Crippen LogP contribution in [0.15, 0.2) is 41.4 Å². The first-order chi connectivity index (χ1) is 9.94. The molecule has 2 rings (SSSR count). The van der Waals surface area contributed by atoms with E-state index in [1.165, 1.54) is 13.0 Å². The van der Waals surface area contributed by atoms with Crippen molar-refractivity contribution < 1.29 is 17.9 Å². The highest BCUT2D eigenvalue weighted by atomic mass is 32.2. The van der Waals surface area contributed by atoms with Gasteiger partial charge in [-0.05, 0) is 36.8 Å². The predicted molar refractivity (Wildman–Crippen MR) is 75.3 cm³/mol. The van der Waals surface area contributed by atoms with Crippen LogP contribution in [0.4, 0.5) is 4.39 Å². The molecule has 0 unspecified atom stereocenters. The predicted octanol–water partition coefficient (Wildman–Crippen LogP) is 1.50. The van der Waals surface area contributed by atoms with E-state index < -0.39 is 22.4 Å². The van der Waals surface area contributed by atoms with Gasteiger partial charge in [0.2, 0.25) is 10.0 Å². The summed E-state index contributed by atoms with van der Waals surface area (Å²) >= 11 is 0. The van der Waals surface area contributed by atoms with E-state index in [0.29, 0.717) is 5.69 Å². The summed E-state index contributed by atoms with van der Waals surface area (Å²) in [5.41, 5.74) is 0.690. The molecule has 0 aliphatic carbocycles. The lowest BCUT2D eigenvalue weighted by molar-refractivity contribution is 0.275. The molecule has 7 heteroatoms. The van der Waals surface area contributed by atoms with E-state index in [-0.39, 0.29) is 22.6 Å². The highest BCUT2D eigenvalue weighted by Crippen LogP contribution is 2.19. The highest BCUT2D eigenvalue weighted by Gasteiger charge is 2.18. The Balaban J connectivity index is 2.25. The smallest absolute Gasteiger partial charge is 0.240 e. The maximum absolute atomic E-state index is 13.6. The van der Waals surface area contributed by atoms with Crippen molar-refractivity contribution >= 4 is 10.0 Å². The second-order valence-electron chi connectivity index (χ2n) is 4.52. The molecule has 1 aromatic heterocycles. The molecule has 2 N–H and O–H groups in total. The third-order valence-electron chi connectivity index (χ3n) is 2.95. The first-order valence-electron chi connectivity index (χ1n) is 6.23. The van der Waals surface area contributed by atoms with Crippen molar-refractivity contribution in [2.75, 3.05) is 0 Å². The van der Waals surface area contributed by atoms with Crippen molar-refractivity contribution in [2.45, 2.75) is 25.0 Å². The fourth-order valence-electron chi connectivity index (χ4n) is 1.83. The number of hydrogen-bond donors (Lipinski definition) is 2. The van der Waals surface area contributed by atoms with Crippen LogP contribution in [0.1, 0.15) is 16.8 Å².